The summed E-state index contributed by atoms with van der Waals surface area (Å²) in [6, 6.07) is 0. The molecule has 1 nitrogen and oxygen atoms in total. The summed E-state index contributed by atoms with van der Waals surface area (Å²) in [5.41, 5.74) is 1.34. The van der Waals surface area contributed by atoms with Crippen LogP contribution in [0.2, 0.25) is 0 Å². The van der Waals surface area contributed by atoms with Crippen molar-refractivity contribution in [3.05, 3.63) is 16.1 Å². The Morgan fingerprint density at radius 2 is 2.00 bits per heavy atom. The molecule has 0 unspecified atom stereocenters. The van der Waals surface area contributed by atoms with Gasteiger partial charge >= 0.3 is 0 Å². The Hall–Kier alpha value is 0.360. The van der Waals surface area contributed by atoms with Crippen LogP contribution in [-0.4, -0.2) is 0 Å². The van der Waals surface area contributed by atoms with Crippen molar-refractivity contribution in [3.63, 3.8) is 0 Å². The van der Waals surface area contributed by atoms with E-state index in [2.05, 4.69) is 30.8 Å². The molecule has 0 N–H and O–H groups in total. The molecule has 1 aromatic rings. The first-order chi connectivity index (χ1) is 3.72. The third-order valence-electron chi connectivity index (χ3n) is 1.40. The van der Waals surface area contributed by atoms with Gasteiger partial charge in [0.15, 0.2) is 5.69 Å². The monoisotopic (exact) mass is 257 g/mol. The standard InChI is InChI=1S/C6H10NS.H2I/c1-5-4-8-6(2)7(5)3;/h4H,1-3H3;1H2/q2*+1. The van der Waals surface area contributed by atoms with Crippen LogP contribution in [0.5, 0.6) is 0 Å². The van der Waals surface area contributed by atoms with Crippen LogP contribution in [0.1, 0.15) is 10.7 Å². The van der Waals surface area contributed by atoms with Gasteiger partial charge in [-0.05, 0) is 0 Å². The molecule has 3 heteroatoms. The van der Waals surface area contributed by atoms with Crippen LogP contribution in [0, 0.1) is 13.8 Å². The number of thiazole rings is 1. The largest absolute Gasteiger partial charge is 0.235 e. The minimum Gasteiger partial charge on any atom is -0.193 e. The van der Waals surface area contributed by atoms with Crippen LogP contribution in [-0.2, 0) is 7.05 Å². The number of halogens is 1. The maximum Gasteiger partial charge on any atom is 0.235 e. The van der Waals surface area contributed by atoms with E-state index in [4.69, 9.17) is 0 Å². The molecule has 0 fully saturated rings. The molecule has 0 aliphatic carbocycles. The van der Waals surface area contributed by atoms with E-state index >= 15 is 0 Å². The predicted octanol–water partition coefficient (Wildman–Crippen LogP) is -2.34. The van der Waals surface area contributed by atoms with E-state index < -0.39 is 0 Å². The maximum atomic E-state index is 2.19. The van der Waals surface area contributed by atoms with Crippen LogP contribution in [0.4, 0.5) is 0 Å². The summed E-state index contributed by atoms with van der Waals surface area (Å²) in [6.07, 6.45) is 0. The number of hydrogen-bond donors (Lipinski definition) is 0. The first kappa shape index (κ1) is 9.36. The van der Waals surface area contributed by atoms with E-state index in [9.17, 15) is 0 Å². The average Bonchev–Trinajstić information content (AvgIpc) is 1.98. The molecule has 0 radical (unpaired) electrons. The fourth-order valence-electron chi connectivity index (χ4n) is 0.577. The minimum atomic E-state index is 0. The van der Waals surface area contributed by atoms with E-state index in [0.717, 1.165) is 0 Å². The van der Waals surface area contributed by atoms with Gasteiger partial charge in [0, 0.05) is 13.8 Å². The summed E-state index contributed by atoms with van der Waals surface area (Å²) in [5, 5.41) is 3.53. The zero-order chi connectivity index (χ0) is 6.15. The molecule has 0 aromatic carbocycles. The van der Waals surface area contributed by atoms with Crippen molar-refractivity contribution >= 4 is 11.3 Å². The number of hydrogen-bond acceptors (Lipinski definition) is 1. The molecule has 1 rings (SSSR count). The van der Waals surface area contributed by atoms with Gasteiger partial charge in [0.05, 0.1) is 5.38 Å². The van der Waals surface area contributed by atoms with E-state index in [-0.39, 0.29) is 24.0 Å². The summed E-state index contributed by atoms with van der Waals surface area (Å²) in [7, 11) is 2.08. The van der Waals surface area contributed by atoms with Gasteiger partial charge in [0.2, 0.25) is 29.0 Å². The van der Waals surface area contributed by atoms with Crippen molar-refractivity contribution in [1.29, 1.82) is 0 Å². The Morgan fingerprint density at radius 3 is 2.11 bits per heavy atom. The molecule has 1 heterocycles. The lowest BCUT2D eigenvalue weighted by Gasteiger charge is -1.80. The van der Waals surface area contributed by atoms with Crippen LogP contribution in [0.15, 0.2) is 5.38 Å². The van der Waals surface area contributed by atoms with Gasteiger partial charge in [0.1, 0.15) is 7.05 Å². The fraction of sp³-hybridized carbons (Fsp3) is 0.500. The van der Waals surface area contributed by atoms with E-state index in [1.165, 1.54) is 10.7 Å². The summed E-state index contributed by atoms with van der Waals surface area (Å²) >= 11 is 1.79. The van der Waals surface area contributed by atoms with Gasteiger partial charge in [-0.1, -0.05) is 11.3 Å². The molecule has 1 aromatic heterocycles. The van der Waals surface area contributed by atoms with Crippen molar-refractivity contribution in [2.45, 2.75) is 13.8 Å². The summed E-state index contributed by atoms with van der Waals surface area (Å²) in [5.74, 6) is 0. The predicted molar refractivity (Wildman–Crippen MR) is 37.8 cm³/mol. The zero-order valence-electron chi connectivity index (χ0n) is 5.88. The molecule has 0 spiro atoms. The third-order valence-corrected chi connectivity index (χ3v) is 2.48. The highest BCUT2D eigenvalue weighted by Crippen LogP contribution is 2.02. The van der Waals surface area contributed by atoms with E-state index in [1.807, 2.05) is 0 Å². The zero-order valence-corrected chi connectivity index (χ0v) is 9.25. The lowest BCUT2D eigenvalue weighted by atomic mass is 10.5. The Bertz CT molecular complexity index is 175. The summed E-state index contributed by atoms with van der Waals surface area (Å²) < 4.78 is 2.19. The molecule has 0 saturated heterocycles. The van der Waals surface area contributed by atoms with Crippen LogP contribution in [0.3, 0.4) is 0 Å². The first-order valence-electron chi connectivity index (χ1n) is 2.62. The number of rotatable bonds is 0. The van der Waals surface area contributed by atoms with Gasteiger partial charge in [0.25, 0.3) is 0 Å². The molecular weight excluding hydrogens is 245 g/mol. The summed E-state index contributed by atoms with van der Waals surface area (Å²) in [4.78, 5) is 0. The van der Waals surface area contributed by atoms with Crippen molar-refractivity contribution in [2.75, 3.05) is 0 Å². The van der Waals surface area contributed by atoms with Gasteiger partial charge in [-0.25, -0.2) is 0 Å². The minimum absolute atomic E-state index is 0. The maximum absolute atomic E-state index is 2.19. The molecule has 0 atom stereocenters. The Labute approximate surface area is 76.7 Å². The van der Waals surface area contributed by atoms with Crippen LogP contribution >= 0.6 is 11.3 Å². The van der Waals surface area contributed by atoms with E-state index in [1.54, 1.807) is 11.3 Å². The molecule has 9 heavy (non-hydrogen) atoms. The van der Waals surface area contributed by atoms with Crippen molar-refractivity contribution in [2.24, 2.45) is 7.05 Å². The van der Waals surface area contributed by atoms with Crippen LogP contribution in [0.25, 0.3) is 0 Å². The highest BCUT2D eigenvalue weighted by atomic mass is 127. The Kier molecular flexibility index (Phi) is 3.65. The van der Waals surface area contributed by atoms with Gasteiger partial charge < -0.3 is 0 Å². The van der Waals surface area contributed by atoms with Gasteiger partial charge in [-0.2, -0.15) is 4.57 Å². The normalized spacial score (nSPS) is 8.78. The van der Waals surface area contributed by atoms with E-state index in [0.29, 0.717) is 0 Å². The van der Waals surface area contributed by atoms with Gasteiger partial charge in [-0.3, -0.25) is 0 Å². The highest BCUT2D eigenvalue weighted by Gasteiger charge is 2.04. The average molecular weight is 257 g/mol. The highest BCUT2D eigenvalue weighted by molar-refractivity contribution is 7.09. The van der Waals surface area contributed by atoms with Crippen LogP contribution < -0.4 is 28.5 Å². The molecule has 0 bridgehead atoms. The number of aromatic nitrogens is 1. The lowest BCUT2D eigenvalue weighted by molar-refractivity contribution is -0.678. The second kappa shape index (κ2) is 3.51. The second-order valence-corrected chi connectivity index (χ2v) is 3.02. The third kappa shape index (κ3) is 1.89. The summed E-state index contributed by atoms with van der Waals surface area (Å²) in [6.45, 7) is 4.24. The van der Waals surface area contributed by atoms with Crippen molar-refractivity contribution < 1.29 is 28.5 Å². The van der Waals surface area contributed by atoms with Crippen molar-refractivity contribution in [1.82, 2.24) is 0 Å². The SMILES string of the molecule is Cc1csc(C)[n+]1C.[IH2+]. The molecule has 52 valence electrons. The lowest BCUT2D eigenvalue weighted by Crippen LogP contribution is -3.00. The Balaban J connectivity index is 0.000000640. The molecule has 0 aliphatic heterocycles. The molecule has 0 saturated carbocycles. The quantitative estimate of drug-likeness (QED) is 0.362. The second-order valence-electron chi connectivity index (χ2n) is 1.96. The van der Waals surface area contributed by atoms with Crippen molar-refractivity contribution in [3.8, 4) is 0 Å². The number of aryl methyl sites for hydroxylation is 2. The molecule has 0 amide bonds. The van der Waals surface area contributed by atoms with Gasteiger partial charge in [-0.15, -0.1) is 0 Å². The fourth-order valence-corrected chi connectivity index (χ4v) is 1.38. The smallest absolute Gasteiger partial charge is 0.193 e. The molecular formula is C6H12INS+2. The Morgan fingerprint density at radius 1 is 1.44 bits per heavy atom. The molecule has 0 aliphatic rings. The first-order valence-corrected chi connectivity index (χ1v) is 3.50. The number of nitrogens with zero attached hydrogens (tertiary/aromatic N) is 1. The topological polar surface area (TPSA) is 3.88 Å².